The first kappa shape index (κ1) is 14.9. The van der Waals surface area contributed by atoms with Crippen molar-refractivity contribution >= 4 is 12.2 Å². The number of aryl methyl sites for hydroxylation is 2. The lowest BCUT2D eigenvalue weighted by molar-refractivity contribution is -0.693. The highest BCUT2D eigenvalue weighted by molar-refractivity contribution is 5.69. The fourth-order valence-corrected chi connectivity index (χ4v) is 1.66. The van der Waals surface area contributed by atoms with Gasteiger partial charge in [-0.15, -0.1) is 0 Å². The van der Waals surface area contributed by atoms with Crippen molar-refractivity contribution in [3.8, 4) is 0 Å². The fourth-order valence-electron chi connectivity index (χ4n) is 1.66. The van der Waals surface area contributed by atoms with E-state index in [2.05, 4.69) is 79.4 Å². The fraction of sp³-hybridized carbons (Fsp3) is 0.188. The standard InChI is InChI=1S/C16H18N.HI/c1-3-17-12-10-16(11-13-17)9-8-15-6-4-14(2)5-7-15;/h4-13H,3H2,1-2H3;1H/q+1;/p-1. The summed E-state index contributed by atoms with van der Waals surface area (Å²) in [4.78, 5) is 0. The third kappa shape index (κ3) is 4.26. The molecule has 1 aromatic carbocycles. The van der Waals surface area contributed by atoms with Crippen LogP contribution in [-0.4, -0.2) is 0 Å². The van der Waals surface area contributed by atoms with E-state index in [1.807, 2.05) is 0 Å². The SMILES string of the molecule is CC[n+]1ccc(C=Cc2ccc(C)cc2)cc1.[I-]. The monoisotopic (exact) mass is 351 g/mol. The molecule has 0 aliphatic heterocycles. The number of benzene rings is 1. The van der Waals surface area contributed by atoms with Crippen LogP contribution in [0, 0.1) is 6.92 Å². The lowest BCUT2D eigenvalue weighted by atomic mass is 10.1. The molecule has 2 rings (SSSR count). The van der Waals surface area contributed by atoms with E-state index in [4.69, 9.17) is 0 Å². The van der Waals surface area contributed by atoms with Gasteiger partial charge in [0.2, 0.25) is 0 Å². The second-order valence-corrected chi connectivity index (χ2v) is 4.21. The first-order valence-corrected chi connectivity index (χ1v) is 6.02. The van der Waals surface area contributed by atoms with E-state index in [1.54, 1.807) is 0 Å². The molecule has 0 radical (unpaired) electrons. The molecule has 0 aliphatic rings. The van der Waals surface area contributed by atoms with E-state index in [-0.39, 0.29) is 24.0 Å². The lowest BCUT2D eigenvalue weighted by Gasteiger charge is -1.95. The van der Waals surface area contributed by atoms with Crippen LogP contribution in [0.5, 0.6) is 0 Å². The second kappa shape index (κ2) is 7.31. The second-order valence-electron chi connectivity index (χ2n) is 4.21. The van der Waals surface area contributed by atoms with Gasteiger partial charge >= 0.3 is 0 Å². The van der Waals surface area contributed by atoms with Crippen LogP contribution in [0.2, 0.25) is 0 Å². The first-order chi connectivity index (χ1) is 8.28. The van der Waals surface area contributed by atoms with Crippen molar-refractivity contribution in [1.29, 1.82) is 0 Å². The maximum Gasteiger partial charge on any atom is 0.169 e. The van der Waals surface area contributed by atoms with Crippen molar-refractivity contribution in [2.45, 2.75) is 20.4 Å². The Morgan fingerprint density at radius 3 is 1.89 bits per heavy atom. The van der Waals surface area contributed by atoms with Gasteiger partial charge in [0, 0.05) is 12.1 Å². The van der Waals surface area contributed by atoms with Gasteiger partial charge in [0.1, 0.15) is 6.54 Å². The summed E-state index contributed by atoms with van der Waals surface area (Å²) >= 11 is 0. The van der Waals surface area contributed by atoms with Gasteiger partial charge in [0.05, 0.1) is 0 Å². The molecule has 18 heavy (non-hydrogen) atoms. The quantitative estimate of drug-likeness (QED) is 0.560. The molecule has 94 valence electrons. The summed E-state index contributed by atoms with van der Waals surface area (Å²) in [6.07, 6.45) is 8.50. The maximum atomic E-state index is 2.16. The Morgan fingerprint density at radius 1 is 0.889 bits per heavy atom. The third-order valence-electron chi connectivity index (χ3n) is 2.83. The Hall–Kier alpha value is -1.16. The maximum absolute atomic E-state index is 2.16. The van der Waals surface area contributed by atoms with E-state index in [0.29, 0.717) is 0 Å². The van der Waals surface area contributed by atoms with Crippen LogP contribution in [0.3, 0.4) is 0 Å². The normalized spacial score (nSPS) is 10.3. The van der Waals surface area contributed by atoms with Crippen LogP contribution >= 0.6 is 0 Å². The number of pyridine rings is 1. The van der Waals surface area contributed by atoms with E-state index >= 15 is 0 Å². The summed E-state index contributed by atoms with van der Waals surface area (Å²) in [5.74, 6) is 0. The van der Waals surface area contributed by atoms with Gasteiger partial charge in [0.25, 0.3) is 0 Å². The Kier molecular flexibility index (Phi) is 6.05. The molecule has 1 heterocycles. The highest BCUT2D eigenvalue weighted by Crippen LogP contribution is 2.08. The molecule has 0 saturated carbocycles. The molecule has 0 bridgehead atoms. The molecule has 2 heteroatoms. The topological polar surface area (TPSA) is 3.88 Å². The number of hydrogen-bond acceptors (Lipinski definition) is 0. The number of halogens is 1. The zero-order valence-electron chi connectivity index (χ0n) is 10.8. The Bertz CT molecular complexity index is 498. The Labute approximate surface area is 126 Å². The number of hydrogen-bond donors (Lipinski definition) is 0. The lowest BCUT2D eigenvalue weighted by Crippen LogP contribution is -3.00. The van der Waals surface area contributed by atoms with Gasteiger partial charge in [0.15, 0.2) is 12.4 Å². The predicted octanol–water partition coefficient (Wildman–Crippen LogP) is 0.477. The number of aromatic nitrogens is 1. The zero-order chi connectivity index (χ0) is 12.1. The van der Waals surface area contributed by atoms with Crippen molar-refractivity contribution in [3.05, 3.63) is 65.5 Å². The molecule has 0 atom stereocenters. The van der Waals surface area contributed by atoms with Crippen molar-refractivity contribution in [2.75, 3.05) is 0 Å². The highest BCUT2D eigenvalue weighted by atomic mass is 127. The average Bonchev–Trinajstić information content (AvgIpc) is 2.39. The van der Waals surface area contributed by atoms with E-state index < -0.39 is 0 Å². The van der Waals surface area contributed by atoms with Crippen LogP contribution < -0.4 is 28.5 Å². The van der Waals surface area contributed by atoms with Crippen molar-refractivity contribution in [3.63, 3.8) is 0 Å². The summed E-state index contributed by atoms with van der Waals surface area (Å²) in [6, 6.07) is 12.8. The minimum Gasteiger partial charge on any atom is -1.00 e. The molecule has 0 aliphatic carbocycles. The van der Waals surface area contributed by atoms with E-state index in [1.165, 1.54) is 16.7 Å². The highest BCUT2D eigenvalue weighted by Gasteiger charge is 1.94. The zero-order valence-corrected chi connectivity index (χ0v) is 13.0. The van der Waals surface area contributed by atoms with Crippen LogP contribution in [-0.2, 0) is 6.54 Å². The molecule has 1 nitrogen and oxygen atoms in total. The molecule has 0 unspecified atom stereocenters. The summed E-state index contributed by atoms with van der Waals surface area (Å²) < 4.78 is 2.16. The molecule has 0 N–H and O–H groups in total. The number of nitrogens with zero attached hydrogens (tertiary/aromatic N) is 1. The molecule has 0 amide bonds. The van der Waals surface area contributed by atoms with Gasteiger partial charge in [-0.25, -0.2) is 4.57 Å². The molecule has 2 aromatic rings. The minimum atomic E-state index is 0. The van der Waals surface area contributed by atoms with Crippen molar-refractivity contribution < 1.29 is 28.5 Å². The van der Waals surface area contributed by atoms with Gasteiger partial charge in [-0.05, 0) is 25.0 Å². The first-order valence-electron chi connectivity index (χ1n) is 6.02. The van der Waals surface area contributed by atoms with Crippen molar-refractivity contribution in [1.82, 2.24) is 0 Å². The minimum absolute atomic E-state index is 0. The molecule has 1 aromatic heterocycles. The molecule has 0 fully saturated rings. The molecular weight excluding hydrogens is 333 g/mol. The third-order valence-corrected chi connectivity index (χ3v) is 2.83. The van der Waals surface area contributed by atoms with E-state index in [0.717, 1.165) is 6.54 Å². The van der Waals surface area contributed by atoms with Crippen LogP contribution in [0.15, 0.2) is 48.8 Å². The average molecular weight is 351 g/mol. The van der Waals surface area contributed by atoms with Gasteiger partial charge < -0.3 is 24.0 Å². The summed E-state index contributed by atoms with van der Waals surface area (Å²) in [7, 11) is 0. The summed E-state index contributed by atoms with van der Waals surface area (Å²) in [5, 5.41) is 0. The van der Waals surface area contributed by atoms with E-state index in [9.17, 15) is 0 Å². The molecular formula is C16H18IN. The van der Waals surface area contributed by atoms with Gasteiger partial charge in [-0.3, -0.25) is 0 Å². The predicted molar refractivity (Wildman–Crippen MR) is 72.4 cm³/mol. The van der Waals surface area contributed by atoms with Crippen molar-refractivity contribution in [2.24, 2.45) is 0 Å². The molecule has 0 spiro atoms. The Balaban J connectivity index is 0.00000162. The smallest absolute Gasteiger partial charge is 0.169 e. The summed E-state index contributed by atoms with van der Waals surface area (Å²) in [5.41, 5.74) is 3.77. The van der Waals surface area contributed by atoms with Gasteiger partial charge in [-0.1, -0.05) is 42.0 Å². The Morgan fingerprint density at radius 2 is 1.39 bits per heavy atom. The summed E-state index contributed by atoms with van der Waals surface area (Å²) in [6.45, 7) is 5.26. The largest absolute Gasteiger partial charge is 1.00 e. The van der Waals surface area contributed by atoms with Crippen LogP contribution in [0.1, 0.15) is 23.6 Å². The van der Waals surface area contributed by atoms with Crippen LogP contribution in [0.25, 0.3) is 12.2 Å². The van der Waals surface area contributed by atoms with Crippen LogP contribution in [0.4, 0.5) is 0 Å². The molecule has 0 saturated heterocycles. The van der Waals surface area contributed by atoms with Gasteiger partial charge in [-0.2, -0.15) is 0 Å². The number of rotatable bonds is 3.